The van der Waals surface area contributed by atoms with E-state index >= 15 is 0 Å². The van der Waals surface area contributed by atoms with Gasteiger partial charge in [0.1, 0.15) is 11.4 Å². The van der Waals surface area contributed by atoms with Crippen molar-refractivity contribution in [2.45, 2.75) is 51.7 Å². The quantitative estimate of drug-likeness (QED) is 0.789. The van der Waals surface area contributed by atoms with E-state index in [1.54, 1.807) is 18.3 Å². The summed E-state index contributed by atoms with van der Waals surface area (Å²) >= 11 is 0. The molecule has 1 saturated carbocycles. The molecule has 0 radical (unpaired) electrons. The lowest BCUT2D eigenvalue weighted by molar-refractivity contribution is 0.0378. The Bertz CT molecular complexity index is 476. The number of anilines is 1. The summed E-state index contributed by atoms with van der Waals surface area (Å²) in [4.78, 5) is 16.4. The lowest BCUT2D eigenvalue weighted by Gasteiger charge is -2.22. The van der Waals surface area contributed by atoms with Crippen molar-refractivity contribution in [2.24, 2.45) is 5.92 Å². The highest BCUT2D eigenvalue weighted by atomic mass is 16.5. The van der Waals surface area contributed by atoms with Crippen molar-refractivity contribution in [2.75, 3.05) is 11.9 Å². The lowest BCUT2D eigenvalue weighted by atomic mass is 10.00. The van der Waals surface area contributed by atoms with Gasteiger partial charge in [0, 0.05) is 18.8 Å². The van der Waals surface area contributed by atoms with Crippen LogP contribution in [0.3, 0.4) is 0 Å². The van der Waals surface area contributed by atoms with Crippen molar-refractivity contribution in [3.05, 3.63) is 23.9 Å². The fourth-order valence-corrected chi connectivity index (χ4v) is 2.88. The van der Waals surface area contributed by atoms with E-state index in [4.69, 9.17) is 9.84 Å². The number of esters is 1. The molecule has 2 atom stereocenters. The molecule has 0 aliphatic heterocycles. The summed E-state index contributed by atoms with van der Waals surface area (Å²) in [5.41, 5.74) is 0.473. The van der Waals surface area contributed by atoms with Crippen LogP contribution in [0.5, 0.6) is 0 Å². The first kappa shape index (κ1) is 15.8. The maximum Gasteiger partial charge on any atom is 0.342 e. The van der Waals surface area contributed by atoms with Crippen molar-refractivity contribution in [3.8, 4) is 0 Å². The average molecular weight is 292 g/mol. The Morgan fingerprint density at radius 2 is 2.33 bits per heavy atom. The van der Waals surface area contributed by atoms with Gasteiger partial charge in [-0.1, -0.05) is 6.42 Å². The van der Waals surface area contributed by atoms with Gasteiger partial charge in [-0.2, -0.15) is 0 Å². The number of nitrogens with zero attached hydrogens (tertiary/aromatic N) is 1. The van der Waals surface area contributed by atoms with Gasteiger partial charge in [-0.3, -0.25) is 0 Å². The lowest BCUT2D eigenvalue weighted by Crippen LogP contribution is -2.26. The molecule has 21 heavy (non-hydrogen) atoms. The Labute approximate surface area is 125 Å². The fraction of sp³-hybridized carbons (Fsp3) is 0.625. The van der Waals surface area contributed by atoms with E-state index in [2.05, 4.69) is 10.3 Å². The Hall–Kier alpha value is -1.62. The first-order valence-electron chi connectivity index (χ1n) is 7.65. The maximum atomic E-state index is 12.1. The summed E-state index contributed by atoms with van der Waals surface area (Å²) in [6.07, 6.45) is 5.59. The van der Waals surface area contributed by atoms with E-state index in [-0.39, 0.29) is 24.7 Å². The second kappa shape index (κ2) is 7.41. The molecule has 5 nitrogen and oxygen atoms in total. The van der Waals surface area contributed by atoms with Crippen molar-refractivity contribution >= 4 is 11.8 Å². The number of hydrogen-bond donors (Lipinski definition) is 2. The molecule has 1 heterocycles. The van der Waals surface area contributed by atoms with Gasteiger partial charge < -0.3 is 15.2 Å². The summed E-state index contributed by atoms with van der Waals surface area (Å²) in [7, 11) is 0. The van der Waals surface area contributed by atoms with Crippen LogP contribution in [-0.4, -0.2) is 34.8 Å². The van der Waals surface area contributed by atoms with E-state index < -0.39 is 0 Å². The molecular weight excluding hydrogens is 268 g/mol. The zero-order chi connectivity index (χ0) is 15.2. The predicted octanol–water partition coefficient (Wildman–Crippen LogP) is 2.61. The molecule has 2 N–H and O–H groups in total. The molecule has 1 fully saturated rings. The monoisotopic (exact) mass is 292 g/mol. The van der Waals surface area contributed by atoms with Crippen LogP contribution in [0.15, 0.2) is 18.3 Å². The van der Waals surface area contributed by atoms with Crippen LogP contribution in [-0.2, 0) is 4.74 Å². The van der Waals surface area contributed by atoms with Crippen LogP contribution >= 0.6 is 0 Å². The molecule has 0 bridgehead atoms. The van der Waals surface area contributed by atoms with Crippen molar-refractivity contribution < 1.29 is 14.6 Å². The minimum atomic E-state index is -0.350. The molecule has 2 rings (SSSR count). The third-order valence-corrected chi connectivity index (χ3v) is 3.85. The van der Waals surface area contributed by atoms with Gasteiger partial charge in [-0.05, 0) is 51.2 Å². The third-order valence-electron chi connectivity index (χ3n) is 3.85. The summed E-state index contributed by atoms with van der Waals surface area (Å²) in [5, 5.41) is 12.5. The normalized spacial score (nSPS) is 21.5. The number of aromatic nitrogens is 1. The number of aliphatic hydroxyl groups is 1. The highest BCUT2D eigenvalue weighted by molar-refractivity contribution is 5.94. The summed E-state index contributed by atoms with van der Waals surface area (Å²) in [6, 6.07) is 3.73. The number of ether oxygens (including phenoxy) is 1. The maximum absolute atomic E-state index is 12.1. The van der Waals surface area contributed by atoms with Crippen LogP contribution < -0.4 is 5.32 Å². The molecule has 0 saturated heterocycles. The highest BCUT2D eigenvalue weighted by Crippen LogP contribution is 2.31. The van der Waals surface area contributed by atoms with E-state index in [1.807, 2.05) is 13.8 Å². The molecule has 1 aromatic heterocycles. The van der Waals surface area contributed by atoms with E-state index in [0.717, 1.165) is 25.7 Å². The largest absolute Gasteiger partial charge is 0.459 e. The van der Waals surface area contributed by atoms with Gasteiger partial charge in [0.05, 0.1) is 6.10 Å². The summed E-state index contributed by atoms with van der Waals surface area (Å²) < 4.78 is 5.26. The van der Waals surface area contributed by atoms with Gasteiger partial charge in [0.25, 0.3) is 0 Å². The molecule has 0 aromatic carbocycles. The average Bonchev–Trinajstić information content (AvgIpc) is 2.86. The number of carbonyl (C=O) groups is 1. The first-order chi connectivity index (χ1) is 10.1. The van der Waals surface area contributed by atoms with Crippen LogP contribution in [0.4, 0.5) is 5.82 Å². The summed E-state index contributed by atoms with van der Waals surface area (Å²) in [5.74, 6) is 0.668. The minimum Gasteiger partial charge on any atom is -0.459 e. The fourth-order valence-electron chi connectivity index (χ4n) is 2.88. The van der Waals surface area contributed by atoms with Crippen molar-refractivity contribution in [1.82, 2.24) is 4.98 Å². The Morgan fingerprint density at radius 3 is 3.05 bits per heavy atom. The zero-order valence-electron chi connectivity index (χ0n) is 12.7. The Morgan fingerprint density at radius 1 is 1.52 bits per heavy atom. The van der Waals surface area contributed by atoms with Crippen LogP contribution in [0.25, 0.3) is 0 Å². The number of aliphatic hydroxyl groups excluding tert-OH is 1. The molecule has 5 heteroatoms. The van der Waals surface area contributed by atoms with E-state index in [1.165, 1.54) is 0 Å². The van der Waals surface area contributed by atoms with Crippen molar-refractivity contribution in [1.29, 1.82) is 0 Å². The number of pyridine rings is 1. The number of rotatable bonds is 6. The number of hydrogen-bond acceptors (Lipinski definition) is 5. The van der Waals surface area contributed by atoms with Gasteiger partial charge in [-0.25, -0.2) is 9.78 Å². The second-order valence-electron chi connectivity index (χ2n) is 5.81. The Balaban J connectivity index is 2.11. The number of nitrogens with one attached hydrogen (secondary N) is 1. The number of carbonyl (C=O) groups excluding carboxylic acids is 1. The molecule has 1 aliphatic rings. The van der Waals surface area contributed by atoms with Crippen LogP contribution in [0, 0.1) is 5.92 Å². The standard InChI is InChI=1S/C16H24N2O3/c1-11(2)21-16(20)13-6-4-9-17-15(13)18-14-7-3-5-12(14)8-10-19/h4,6,9,11-12,14,19H,3,5,7-8,10H2,1-2H3,(H,17,18). The SMILES string of the molecule is CC(C)OC(=O)c1cccnc1NC1CCCC1CCO. The predicted molar refractivity (Wildman–Crippen MR) is 81.2 cm³/mol. The molecule has 0 amide bonds. The van der Waals surface area contributed by atoms with Gasteiger partial charge in [0.2, 0.25) is 0 Å². The van der Waals surface area contributed by atoms with E-state index in [0.29, 0.717) is 17.3 Å². The van der Waals surface area contributed by atoms with Gasteiger partial charge in [-0.15, -0.1) is 0 Å². The van der Waals surface area contributed by atoms with Crippen LogP contribution in [0.2, 0.25) is 0 Å². The molecule has 0 spiro atoms. The zero-order valence-corrected chi connectivity index (χ0v) is 12.7. The van der Waals surface area contributed by atoms with Crippen LogP contribution in [0.1, 0.15) is 49.9 Å². The Kier molecular flexibility index (Phi) is 5.56. The smallest absolute Gasteiger partial charge is 0.342 e. The molecule has 1 aliphatic carbocycles. The molecule has 1 aromatic rings. The van der Waals surface area contributed by atoms with Crippen molar-refractivity contribution in [3.63, 3.8) is 0 Å². The summed E-state index contributed by atoms with van der Waals surface area (Å²) in [6.45, 7) is 3.86. The van der Waals surface area contributed by atoms with Gasteiger partial charge in [0.15, 0.2) is 0 Å². The third kappa shape index (κ3) is 4.17. The van der Waals surface area contributed by atoms with E-state index in [9.17, 15) is 4.79 Å². The molecular formula is C16H24N2O3. The molecule has 2 unspecified atom stereocenters. The highest BCUT2D eigenvalue weighted by Gasteiger charge is 2.28. The molecule has 116 valence electrons. The first-order valence-corrected chi connectivity index (χ1v) is 7.65. The second-order valence-corrected chi connectivity index (χ2v) is 5.81. The minimum absolute atomic E-state index is 0.154. The topological polar surface area (TPSA) is 71.5 Å². The van der Waals surface area contributed by atoms with Gasteiger partial charge >= 0.3 is 5.97 Å².